The van der Waals surface area contributed by atoms with E-state index in [1.54, 1.807) is 22.3 Å². The van der Waals surface area contributed by atoms with E-state index in [-0.39, 0.29) is 77.2 Å². The summed E-state index contributed by atoms with van der Waals surface area (Å²) in [5.74, 6) is 0. The fourth-order valence-electron chi connectivity index (χ4n) is 6.22. The van der Waals surface area contributed by atoms with Crippen molar-refractivity contribution in [3.8, 4) is 0 Å². The third-order valence-corrected chi connectivity index (χ3v) is 8.28. The van der Waals surface area contributed by atoms with Gasteiger partial charge in [-0.25, -0.2) is 22.3 Å². The largest absolute Gasteiger partial charge is 2.00 e. The Morgan fingerprint density at radius 1 is 0.333 bits per heavy atom. The summed E-state index contributed by atoms with van der Waals surface area (Å²) in [7, 11) is 0. The summed E-state index contributed by atoms with van der Waals surface area (Å²) in [5, 5.41) is 0. The molecular weight excluding hydrogens is 782 g/mol. The molecule has 0 fully saturated rings. The molecule has 0 heterocycles. The predicted molar refractivity (Wildman–Crippen MR) is 197 cm³/mol. The van der Waals surface area contributed by atoms with Gasteiger partial charge in [-0.15, -0.1) is 25.7 Å². The zero-order valence-electron chi connectivity index (χ0n) is 32.2. The number of hydrogen-bond acceptors (Lipinski definition) is 0. The van der Waals surface area contributed by atoms with Crippen LogP contribution in [0.15, 0.2) is 68.9 Å². The first-order chi connectivity index (χ1) is 21.5. The Morgan fingerprint density at radius 2 is 0.500 bits per heavy atom. The molecule has 48 heavy (non-hydrogen) atoms. The molecule has 0 saturated carbocycles. The van der Waals surface area contributed by atoms with Gasteiger partial charge in [-0.2, -0.15) is 46.6 Å². The first-order valence-corrected chi connectivity index (χ1v) is 18.7. The van der Waals surface area contributed by atoms with Crippen LogP contribution in [0.4, 0.5) is 0 Å². The second kappa shape index (κ2) is 37.0. The predicted octanol–water partition coefficient (Wildman–Crippen LogP) is 8.59. The van der Waals surface area contributed by atoms with Crippen LogP contribution in [-0.4, -0.2) is 0 Å². The second-order valence-electron chi connectivity index (χ2n) is 12.4. The van der Waals surface area contributed by atoms with Gasteiger partial charge in [0.15, 0.2) is 0 Å². The molecule has 4 aliphatic rings. The summed E-state index contributed by atoms with van der Waals surface area (Å²) in [6, 6.07) is 0. The van der Waals surface area contributed by atoms with Crippen molar-refractivity contribution < 1.29 is 77.2 Å². The minimum absolute atomic E-state index is 0. The summed E-state index contributed by atoms with van der Waals surface area (Å²) < 4.78 is 0. The Morgan fingerprint density at radius 3 is 0.646 bits per heavy atom. The van der Waals surface area contributed by atoms with Crippen LogP contribution in [0.2, 0.25) is 0 Å². The van der Waals surface area contributed by atoms with Crippen LogP contribution in [0, 0.1) is 24.3 Å². The molecule has 0 saturated heterocycles. The average Bonchev–Trinajstić information content (AvgIpc) is 3.84. The van der Waals surface area contributed by atoms with Crippen molar-refractivity contribution in [3.63, 3.8) is 0 Å². The molecule has 0 nitrogen and oxygen atoms in total. The normalized spacial score (nSPS) is 15.2. The molecule has 0 N–H and O–H groups in total. The summed E-state index contributed by atoms with van der Waals surface area (Å²) in [6.07, 6.45) is 47.2. The second-order valence-corrected chi connectivity index (χ2v) is 12.4. The third kappa shape index (κ3) is 23.0. The molecule has 0 unspecified atom stereocenters. The minimum atomic E-state index is 0. The van der Waals surface area contributed by atoms with E-state index in [2.05, 4.69) is 104 Å². The Balaban J connectivity index is -0.000000262. The molecule has 0 aliphatic heterocycles. The van der Waals surface area contributed by atoms with Crippen molar-refractivity contribution in [2.75, 3.05) is 0 Å². The zero-order chi connectivity index (χ0) is 32.4. The number of rotatable bonds is 16. The van der Waals surface area contributed by atoms with Gasteiger partial charge in [0.25, 0.3) is 0 Å². The Hall–Kier alpha value is 0.266. The first-order valence-electron chi connectivity index (χ1n) is 18.7. The molecule has 0 aromatic rings. The Labute approximate surface area is 351 Å². The van der Waals surface area contributed by atoms with Gasteiger partial charge in [0, 0.05) is 0 Å². The van der Waals surface area contributed by atoms with Crippen molar-refractivity contribution in [2.24, 2.45) is 0 Å². The van der Waals surface area contributed by atoms with E-state index in [9.17, 15) is 0 Å². The van der Waals surface area contributed by atoms with Crippen molar-refractivity contribution >= 4 is 0 Å². The maximum atomic E-state index is 3.42. The van der Waals surface area contributed by atoms with Crippen molar-refractivity contribution in [2.45, 2.75) is 184 Å². The molecule has 0 radical (unpaired) electrons. The van der Waals surface area contributed by atoms with E-state index >= 15 is 0 Å². The van der Waals surface area contributed by atoms with Crippen LogP contribution < -0.4 is 24.8 Å². The molecule has 0 amide bonds. The SMILES string of the molecule is CCCC1=[C-]CC=C1CCC.CCCC1=[C-]CC=C1CCC.CCCC1=[C-]CC=C1CCC.CCCC1=[C-]CC=C1CCC.[Cl-].[Cl-].[Zr+2].[Zr+2]. The number of allylic oxidation sites excluding steroid dienone is 16. The van der Waals surface area contributed by atoms with E-state index in [4.69, 9.17) is 0 Å². The molecule has 4 heteroatoms. The zero-order valence-corrected chi connectivity index (χ0v) is 38.6. The van der Waals surface area contributed by atoms with Crippen LogP contribution in [-0.2, 0) is 52.4 Å². The standard InChI is InChI=1S/4C11H17.2ClH.2Zr/c4*1-3-6-10-8-5-9-11(10)7-4-2;;;;/h4*8H,3-7H2,1-2H3;2*1H;;/q4*-1;;;2*+2/p-2. The molecule has 4 rings (SSSR count). The maximum absolute atomic E-state index is 3.42. The fourth-order valence-corrected chi connectivity index (χ4v) is 6.22. The number of hydrogen-bond donors (Lipinski definition) is 0. The average molecular weight is 850 g/mol. The van der Waals surface area contributed by atoms with Gasteiger partial charge in [-0.1, -0.05) is 158 Å². The summed E-state index contributed by atoms with van der Waals surface area (Å²) >= 11 is 0. The van der Waals surface area contributed by atoms with Crippen LogP contribution in [0.25, 0.3) is 0 Å². The van der Waals surface area contributed by atoms with Crippen LogP contribution in [0.5, 0.6) is 0 Å². The van der Waals surface area contributed by atoms with Crippen LogP contribution in [0.1, 0.15) is 184 Å². The van der Waals surface area contributed by atoms with Crippen LogP contribution in [0.3, 0.4) is 0 Å². The minimum Gasteiger partial charge on any atom is -1.00 e. The molecule has 0 atom stereocenters. The van der Waals surface area contributed by atoms with E-state index in [0.717, 1.165) is 25.7 Å². The van der Waals surface area contributed by atoms with Crippen molar-refractivity contribution in [1.82, 2.24) is 0 Å². The molecule has 268 valence electrons. The monoisotopic (exact) mass is 846 g/mol. The Bertz CT molecular complexity index is 802. The summed E-state index contributed by atoms with van der Waals surface area (Å²) in [6.45, 7) is 17.9. The molecule has 0 aromatic heterocycles. The van der Waals surface area contributed by atoms with Gasteiger partial charge in [0.1, 0.15) is 0 Å². The summed E-state index contributed by atoms with van der Waals surface area (Å²) in [5.41, 5.74) is 12.2. The van der Waals surface area contributed by atoms with Gasteiger partial charge >= 0.3 is 52.4 Å². The van der Waals surface area contributed by atoms with Gasteiger partial charge in [-0.05, 0) is 0 Å². The third-order valence-electron chi connectivity index (χ3n) is 8.28. The van der Waals surface area contributed by atoms with E-state index in [0.29, 0.717) is 0 Å². The van der Waals surface area contributed by atoms with Gasteiger partial charge in [0.2, 0.25) is 0 Å². The smallest absolute Gasteiger partial charge is 1.00 e. The topological polar surface area (TPSA) is 0 Å². The first kappa shape index (κ1) is 55.0. The molecule has 0 spiro atoms. The van der Waals surface area contributed by atoms with Crippen molar-refractivity contribution in [3.05, 3.63) is 93.2 Å². The van der Waals surface area contributed by atoms with Gasteiger partial charge in [0.05, 0.1) is 0 Å². The molecule has 0 bridgehead atoms. The summed E-state index contributed by atoms with van der Waals surface area (Å²) in [4.78, 5) is 0. The molecular formula is C44H68Cl2Zr2-2. The maximum Gasteiger partial charge on any atom is 2.00 e. The fraction of sp³-hybridized carbons (Fsp3) is 0.636. The van der Waals surface area contributed by atoms with Crippen molar-refractivity contribution in [1.29, 1.82) is 0 Å². The molecule has 0 aromatic carbocycles. The van der Waals surface area contributed by atoms with Crippen LogP contribution >= 0.6 is 0 Å². The molecule has 4 aliphatic carbocycles. The Kier molecular flexibility index (Phi) is 42.5. The van der Waals surface area contributed by atoms with E-state index in [1.165, 1.54) is 125 Å². The van der Waals surface area contributed by atoms with Gasteiger partial charge in [-0.3, -0.25) is 24.3 Å². The quantitative estimate of drug-likeness (QED) is 0.137. The number of halogens is 2. The van der Waals surface area contributed by atoms with Gasteiger partial charge < -0.3 is 24.8 Å². The van der Waals surface area contributed by atoms with E-state index < -0.39 is 0 Å². The van der Waals surface area contributed by atoms with E-state index in [1.807, 2.05) is 0 Å².